The molecule has 0 saturated heterocycles. The average Bonchev–Trinajstić information content (AvgIpc) is 1.97. The van der Waals surface area contributed by atoms with Crippen LogP contribution < -0.4 is 0 Å². The summed E-state index contributed by atoms with van der Waals surface area (Å²) in [5, 5.41) is 3.28. The van der Waals surface area contributed by atoms with E-state index in [-0.39, 0.29) is 0 Å². The molecule has 0 aromatic heterocycles. The van der Waals surface area contributed by atoms with E-state index in [4.69, 9.17) is 0 Å². The van der Waals surface area contributed by atoms with Crippen LogP contribution in [0.1, 0.15) is 20.8 Å². The Bertz CT molecular complexity index is 219. The van der Waals surface area contributed by atoms with Gasteiger partial charge in [-0.2, -0.15) is 0 Å². The van der Waals surface area contributed by atoms with E-state index in [1.165, 1.54) is 5.57 Å². The SMILES string of the molecule is CC1=CC(C)=C(C)[Si]1(C)C. The van der Waals surface area contributed by atoms with E-state index in [0.29, 0.717) is 0 Å². The third-order valence-corrected chi connectivity index (χ3v) is 7.33. The summed E-state index contributed by atoms with van der Waals surface area (Å²) in [6.07, 6.45) is 2.35. The van der Waals surface area contributed by atoms with Crippen LogP contribution in [0.2, 0.25) is 13.1 Å². The zero-order valence-electron chi connectivity index (χ0n) is 7.58. The van der Waals surface area contributed by atoms with Gasteiger partial charge in [0.25, 0.3) is 0 Å². The van der Waals surface area contributed by atoms with Gasteiger partial charge in [0, 0.05) is 0 Å². The molecule has 0 unspecified atom stereocenters. The molecule has 0 N–H and O–H groups in total. The van der Waals surface area contributed by atoms with Crippen molar-refractivity contribution in [1.29, 1.82) is 0 Å². The lowest BCUT2D eigenvalue weighted by molar-refractivity contribution is 1.44. The maximum atomic E-state index is 2.42. The van der Waals surface area contributed by atoms with Crippen molar-refractivity contribution >= 4 is 8.07 Å². The van der Waals surface area contributed by atoms with Crippen molar-refractivity contribution in [3.8, 4) is 0 Å². The lowest BCUT2D eigenvalue weighted by atomic mass is 10.3. The second-order valence-corrected chi connectivity index (χ2v) is 8.55. The second kappa shape index (κ2) is 2.09. The Balaban J connectivity index is 3.11. The minimum absolute atomic E-state index is 1.07. The molecule has 0 aliphatic carbocycles. The number of allylic oxidation sites excluding steroid dienone is 4. The molecule has 0 bridgehead atoms. The van der Waals surface area contributed by atoms with Gasteiger partial charge < -0.3 is 0 Å². The second-order valence-electron chi connectivity index (χ2n) is 3.76. The van der Waals surface area contributed by atoms with Crippen molar-refractivity contribution in [3.63, 3.8) is 0 Å². The molecule has 1 heterocycles. The van der Waals surface area contributed by atoms with E-state index < -0.39 is 8.07 Å². The van der Waals surface area contributed by atoms with Crippen molar-refractivity contribution in [1.82, 2.24) is 0 Å². The van der Waals surface area contributed by atoms with E-state index in [1.54, 1.807) is 10.4 Å². The summed E-state index contributed by atoms with van der Waals surface area (Å²) in [4.78, 5) is 0. The van der Waals surface area contributed by atoms with E-state index in [9.17, 15) is 0 Å². The average molecular weight is 152 g/mol. The summed E-state index contributed by atoms with van der Waals surface area (Å²) in [6.45, 7) is 11.6. The lowest BCUT2D eigenvalue weighted by Crippen LogP contribution is -2.27. The van der Waals surface area contributed by atoms with Crippen LogP contribution in [-0.2, 0) is 0 Å². The van der Waals surface area contributed by atoms with Gasteiger partial charge in [0.2, 0.25) is 0 Å². The Morgan fingerprint density at radius 3 is 1.70 bits per heavy atom. The molecule has 0 spiro atoms. The van der Waals surface area contributed by atoms with Crippen LogP contribution in [0, 0.1) is 0 Å². The predicted molar refractivity (Wildman–Crippen MR) is 49.6 cm³/mol. The first kappa shape index (κ1) is 7.80. The van der Waals surface area contributed by atoms with Crippen LogP contribution in [0.15, 0.2) is 22.0 Å². The summed E-state index contributed by atoms with van der Waals surface area (Å²) in [5.74, 6) is 0. The Kier molecular flexibility index (Phi) is 1.63. The largest absolute Gasteiger partial charge is 0.102 e. The highest BCUT2D eigenvalue weighted by Crippen LogP contribution is 2.32. The Morgan fingerprint density at radius 1 is 1.10 bits per heavy atom. The van der Waals surface area contributed by atoms with Crippen molar-refractivity contribution in [2.45, 2.75) is 33.9 Å². The molecule has 1 rings (SSSR count). The highest BCUT2D eigenvalue weighted by molar-refractivity contribution is 6.91. The van der Waals surface area contributed by atoms with E-state index in [1.807, 2.05) is 0 Å². The fourth-order valence-corrected chi connectivity index (χ4v) is 3.63. The zero-order chi connectivity index (χ0) is 7.94. The van der Waals surface area contributed by atoms with E-state index in [2.05, 4.69) is 39.9 Å². The molecule has 0 aromatic rings. The molecule has 0 radical (unpaired) electrons. The van der Waals surface area contributed by atoms with Crippen LogP contribution >= 0.6 is 0 Å². The molecule has 0 nitrogen and oxygen atoms in total. The molecule has 0 aromatic carbocycles. The predicted octanol–water partition coefficient (Wildman–Crippen LogP) is 3.07. The third-order valence-electron chi connectivity index (χ3n) is 2.95. The van der Waals surface area contributed by atoms with Crippen molar-refractivity contribution in [2.24, 2.45) is 0 Å². The molecule has 1 heteroatoms. The Labute approximate surface area is 64.7 Å². The summed E-state index contributed by atoms with van der Waals surface area (Å²) >= 11 is 0. The van der Waals surface area contributed by atoms with Gasteiger partial charge in [0.1, 0.15) is 8.07 Å². The third kappa shape index (κ3) is 0.890. The van der Waals surface area contributed by atoms with Crippen molar-refractivity contribution in [2.75, 3.05) is 0 Å². The van der Waals surface area contributed by atoms with Gasteiger partial charge in [0.05, 0.1) is 0 Å². The summed E-state index contributed by atoms with van der Waals surface area (Å²) < 4.78 is 0. The summed E-state index contributed by atoms with van der Waals surface area (Å²) in [7, 11) is -1.07. The highest BCUT2D eigenvalue weighted by Gasteiger charge is 2.30. The molecule has 10 heavy (non-hydrogen) atoms. The van der Waals surface area contributed by atoms with Gasteiger partial charge in [-0.25, -0.2) is 0 Å². The molecule has 0 atom stereocenters. The maximum Gasteiger partial charge on any atom is 0.102 e. The van der Waals surface area contributed by atoms with Crippen LogP contribution in [0.5, 0.6) is 0 Å². The first-order valence-electron chi connectivity index (χ1n) is 3.83. The first-order chi connectivity index (χ1) is 4.46. The van der Waals surface area contributed by atoms with Crippen LogP contribution in [0.4, 0.5) is 0 Å². The molecular formula is C9H16Si. The molecule has 0 saturated carbocycles. The Hall–Kier alpha value is -0.303. The lowest BCUT2D eigenvalue weighted by Gasteiger charge is -2.19. The molecule has 1 aliphatic rings. The van der Waals surface area contributed by atoms with Crippen molar-refractivity contribution in [3.05, 3.63) is 22.0 Å². The monoisotopic (exact) mass is 152 g/mol. The van der Waals surface area contributed by atoms with E-state index >= 15 is 0 Å². The minimum atomic E-state index is -1.07. The summed E-state index contributed by atoms with van der Waals surface area (Å²) in [6, 6.07) is 0. The van der Waals surface area contributed by atoms with Crippen molar-refractivity contribution < 1.29 is 0 Å². The Morgan fingerprint density at radius 2 is 1.60 bits per heavy atom. The molecule has 1 aliphatic heterocycles. The molecular weight excluding hydrogens is 136 g/mol. The topological polar surface area (TPSA) is 0 Å². The van der Waals surface area contributed by atoms with Gasteiger partial charge in [-0.15, -0.1) is 0 Å². The van der Waals surface area contributed by atoms with Crippen LogP contribution in [-0.4, -0.2) is 8.07 Å². The smallest absolute Gasteiger partial charge is 0.0792 e. The minimum Gasteiger partial charge on any atom is -0.0792 e. The number of rotatable bonds is 0. The molecule has 0 amide bonds. The quantitative estimate of drug-likeness (QED) is 0.468. The fourth-order valence-electron chi connectivity index (χ4n) is 1.40. The van der Waals surface area contributed by atoms with Crippen LogP contribution in [0.3, 0.4) is 0 Å². The maximum absolute atomic E-state index is 2.42. The van der Waals surface area contributed by atoms with Gasteiger partial charge in [-0.1, -0.05) is 35.1 Å². The van der Waals surface area contributed by atoms with Gasteiger partial charge in [-0.05, 0) is 20.8 Å². The fraction of sp³-hybridized carbons (Fsp3) is 0.556. The van der Waals surface area contributed by atoms with Gasteiger partial charge in [-0.3, -0.25) is 0 Å². The van der Waals surface area contributed by atoms with E-state index in [0.717, 1.165) is 0 Å². The number of hydrogen-bond donors (Lipinski definition) is 0. The zero-order valence-corrected chi connectivity index (χ0v) is 8.58. The first-order valence-corrected chi connectivity index (χ1v) is 6.83. The molecule has 0 fully saturated rings. The van der Waals surface area contributed by atoms with Gasteiger partial charge >= 0.3 is 0 Å². The van der Waals surface area contributed by atoms with Crippen LogP contribution in [0.25, 0.3) is 0 Å². The summed E-state index contributed by atoms with van der Waals surface area (Å²) in [5.41, 5.74) is 1.51. The normalized spacial score (nSPS) is 23.5. The molecule has 56 valence electrons. The standard InChI is InChI=1S/C9H16Si/c1-7-6-8(2)10(4,5)9(7)3/h6H,1-5H3. The van der Waals surface area contributed by atoms with Gasteiger partial charge in [0.15, 0.2) is 0 Å². The number of hydrogen-bond acceptors (Lipinski definition) is 0. The highest BCUT2D eigenvalue weighted by atomic mass is 28.3.